The smallest absolute Gasteiger partial charge is 0.326 e. The van der Waals surface area contributed by atoms with Crippen LogP contribution in [0.4, 0.5) is 0 Å². The Bertz CT molecular complexity index is 468. The fourth-order valence-corrected chi connectivity index (χ4v) is 2.48. The summed E-state index contributed by atoms with van der Waals surface area (Å²) in [6, 6.07) is 8.39. The van der Waals surface area contributed by atoms with Crippen LogP contribution < -0.4 is 5.32 Å². The molecule has 0 bridgehead atoms. The van der Waals surface area contributed by atoms with Gasteiger partial charge in [-0.25, -0.2) is 4.79 Å². The van der Waals surface area contributed by atoms with E-state index in [1.807, 2.05) is 30.3 Å². The number of hydrogen-bond acceptors (Lipinski definition) is 3. The summed E-state index contributed by atoms with van der Waals surface area (Å²) in [6.07, 6.45) is 3.40. The van der Waals surface area contributed by atoms with Crippen molar-refractivity contribution in [2.24, 2.45) is 0 Å². The van der Waals surface area contributed by atoms with Crippen LogP contribution in [-0.2, 0) is 20.7 Å². The van der Waals surface area contributed by atoms with Gasteiger partial charge in [0.2, 0.25) is 5.91 Å². The van der Waals surface area contributed by atoms with Crippen molar-refractivity contribution in [2.75, 3.05) is 6.61 Å². The maximum atomic E-state index is 12.0. The highest BCUT2D eigenvalue weighted by atomic mass is 16.5. The van der Waals surface area contributed by atoms with Crippen molar-refractivity contribution < 1.29 is 19.4 Å². The molecule has 0 radical (unpaired) electrons. The SMILES string of the molecule is O=C(CC1CCCCO1)N[C@@H](Cc1ccccc1)C(=O)O. The van der Waals surface area contributed by atoms with Gasteiger partial charge in [-0.05, 0) is 24.8 Å². The van der Waals surface area contributed by atoms with Crippen molar-refractivity contribution in [3.05, 3.63) is 35.9 Å². The van der Waals surface area contributed by atoms with Crippen LogP contribution in [0.5, 0.6) is 0 Å². The first-order valence-electron chi connectivity index (χ1n) is 7.33. The molecular weight excluding hydrogens is 270 g/mol. The molecule has 114 valence electrons. The van der Waals surface area contributed by atoms with Crippen LogP contribution in [-0.4, -0.2) is 35.7 Å². The summed E-state index contributed by atoms with van der Waals surface area (Å²) in [6.45, 7) is 0.685. The van der Waals surface area contributed by atoms with Gasteiger partial charge in [0.05, 0.1) is 12.5 Å². The van der Waals surface area contributed by atoms with Gasteiger partial charge in [-0.3, -0.25) is 4.79 Å². The van der Waals surface area contributed by atoms with E-state index in [9.17, 15) is 14.7 Å². The zero-order valence-electron chi connectivity index (χ0n) is 12.0. The summed E-state index contributed by atoms with van der Waals surface area (Å²) < 4.78 is 5.50. The molecule has 0 aromatic heterocycles. The van der Waals surface area contributed by atoms with Gasteiger partial charge in [0.25, 0.3) is 0 Å². The lowest BCUT2D eigenvalue weighted by Crippen LogP contribution is -2.43. The number of ether oxygens (including phenoxy) is 1. The number of carboxylic acids is 1. The van der Waals surface area contributed by atoms with Gasteiger partial charge in [-0.15, -0.1) is 0 Å². The van der Waals surface area contributed by atoms with Crippen LogP contribution in [0, 0.1) is 0 Å². The highest BCUT2D eigenvalue weighted by Gasteiger charge is 2.23. The van der Waals surface area contributed by atoms with Gasteiger partial charge in [0.1, 0.15) is 6.04 Å². The van der Waals surface area contributed by atoms with Crippen molar-refractivity contribution in [2.45, 2.75) is 44.2 Å². The number of carbonyl (C=O) groups excluding carboxylic acids is 1. The number of amides is 1. The highest BCUT2D eigenvalue weighted by molar-refractivity contribution is 5.84. The van der Waals surface area contributed by atoms with Crippen LogP contribution in [0.2, 0.25) is 0 Å². The Morgan fingerprint density at radius 2 is 2.05 bits per heavy atom. The van der Waals surface area contributed by atoms with Crippen LogP contribution in [0.25, 0.3) is 0 Å². The van der Waals surface area contributed by atoms with E-state index in [-0.39, 0.29) is 24.9 Å². The van der Waals surface area contributed by atoms with Crippen molar-refractivity contribution in [1.29, 1.82) is 0 Å². The van der Waals surface area contributed by atoms with Gasteiger partial charge in [0, 0.05) is 13.0 Å². The van der Waals surface area contributed by atoms with E-state index in [0.717, 1.165) is 24.8 Å². The zero-order chi connectivity index (χ0) is 15.1. The summed E-state index contributed by atoms with van der Waals surface area (Å²) in [5.41, 5.74) is 0.888. The maximum Gasteiger partial charge on any atom is 0.326 e. The molecule has 21 heavy (non-hydrogen) atoms. The summed E-state index contributed by atoms with van der Waals surface area (Å²) in [7, 11) is 0. The van der Waals surface area contributed by atoms with E-state index >= 15 is 0 Å². The van der Waals surface area contributed by atoms with Gasteiger partial charge in [-0.2, -0.15) is 0 Å². The predicted molar refractivity (Wildman–Crippen MR) is 77.9 cm³/mol. The van der Waals surface area contributed by atoms with E-state index in [2.05, 4.69) is 5.32 Å². The molecule has 1 amide bonds. The molecule has 0 saturated carbocycles. The van der Waals surface area contributed by atoms with Crippen LogP contribution >= 0.6 is 0 Å². The van der Waals surface area contributed by atoms with Crippen LogP contribution in [0.15, 0.2) is 30.3 Å². The first kappa shape index (κ1) is 15.5. The minimum absolute atomic E-state index is 0.0788. The topological polar surface area (TPSA) is 75.6 Å². The Morgan fingerprint density at radius 1 is 1.29 bits per heavy atom. The molecule has 1 unspecified atom stereocenters. The number of carbonyl (C=O) groups is 2. The molecule has 1 saturated heterocycles. The first-order chi connectivity index (χ1) is 10.1. The molecule has 5 heteroatoms. The second-order valence-corrected chi connectivity index (χ2v) is 5.34. The third kappa shape index (κ3) is 5.19. The number of aliphatic carboxylic acids is 1. The lowest BCUT2D eigenvalue weighted by Gasteiger charge is -2.23. The molecule has 2 N–H and O–H groups in total. The van der Waals surface area contributed by atoms with Crippen molar-refractivity contribution in [3.8, 4) is 0 Å². The number of rotatable bonds is 6. The third-order valence-electron chi connectivity index (χ3n) is 3.60. The van der Waals surface area contributed by atoms with Gasteiger partial charge < -0.3 is 15.2 Å². The molecule has 5 nitrogen and oxygen atoms in total. The van der Waals surface area contributed by atoms with E-state index < -0.39 is 12.0 Å². The maximum absolute atomic E-state index is 12.0. The van der Waals surface area contributed by atoms with E-state index in [1.54, 1.807) is 0 Å². The highest BCUT2D eigenvalue weighted by Crippen LogP contribution is 2.15. The number of benzene rings is 1. The van der Waals surface area contributed by atoms with E-state index in [4.69, 9.17) is 4.74 Å². The Morgan fingerprint density at radius 3 is 2.67 bits per heavy atom. The molecule has 1 aromatic carbocycles. The number of carboxylic acid groups (broad SMARTS) is 1. The minimum atomic E-state index is -1.02. The fourth-order valence-electron chi connectivity index (χ4n) is 2.48. The Labute approximate surface area is 124 Å². The van der Waals surface area contributed by atoms with Crippen LogP contribution in [0.1, 0.15) is 31.2 Å². The molecule has 2 rings (SSSR count). The van der Waals surface area contributed by atoms with Gasteiger partial charge in [-0.1, -0.05) is 30.3 Å². The summed E-state index contributed by atoms with van der Waals surface area (Å²) in [4.78, 5) is 23.2. The average Bonchev–Trinajstić information content (AvgIpc) is 2.48. The minimum Gasteiger partial charge on any atom is -0.480 e. The standard InChI is InChI=1S/C16H21NO4/c18-15(11-13-8-4-5-9-21-13)17-14(16(19)20)10-12-6-2-1-3-7-12/h1-3,6-7,13-14H,4-5,8-11H2,(H,17,18)(H,19,20)/t13?,14-/m0/s1. The zero-order valence-corrected chi connectivity index (χ0v) is 12.0. The summed E-state index contributed by atoms with van der Waals surface area (Å²) in [5.74, 6) is -1.28. The van der Waals surface area contributed by atoms with Gasteiger partial charge in [0.15, 0.2) is 0 Å². The molecule has 1 fully saturated rings. The quantitative estimate of drug-likeness (QED) is 0.837. The fraction of sp³-hybridized carbons (Fsp3) is 0.500. The number of nitrogens with one attached hydrogen (secondary N) is 1. The molecule has 0 spiro atoms. The van der Waals surface area contributed by atoms with Crippen molar-refractivity contribution >= 4 is 11.9 Å². The number of hydrogen-bond donors (Lipinski definition) is 2. The average molecular weight is 291 g/mol. The Hall–Kier alpha value is -1.88. The normalized spacial score (nSPS) is 19.7. The predicted octanol–water partition coefficient (Wildman–Crippen LogP) is 1.76. The third-order valence-corrected chi connectivity index (χ3v) is 3.60. The second kappa shape index (κ2) is 7.78. The van der Waals surface area contributed by atoms with Gasteiger partial charge >= 0.3 is 5.97 Å². The molecule has 0 aliphatic carbocycles. The lowest BCUT2D eigenvalue weighted by molar-refractivity contribution is -0.142. The molecule has 1 aromatic rings. The largest absolute Gasteiger partial charge is 0.480 e. The molecule has 1 aliphatic rings. The molecular formula is C16H21NO4. The Kier molecular flexibility index (Phi) is 5.75. The lowest BCUT2D eigenvalue weighted by atomic mass is 10.0. The summed E-state index contributed by atoms with van der Waals surface area (Å²) in [5, 5.41) is 11.8. The second-order valence-electron chi connectivity index (χ2n) is 5.34. The first-order valence-corrected chi connectivity index (χ1v) is 7.33. The molecule has 1 heterocycles. The van der Waals surface area contributed by atoms with Crippen LogP contribution in [0.3, 0.4) is 0 Å². The van der Waals surface area contributed by atoms with E-state index in [1.165, 1.54) is 0 Å². The summed E-state index contributed by atoms with van der Waals surface area (Å²) >= 11 is 0. The Balaban J connectivity index is 1.86. The van der Waals surface area contributed by atoms with E-state index in [0.29, 0.717) is 6.61 Å². The monoisotopic (exact) mass is 291 g/mol. The molecule has 2 atom stereocenters. The van der Waals surface area contributed by atoms with Crippen molar-refractivity contribution in [3.63, 3.8) is 0 Å². The van der Waals surface area contributed by atoms with Crippen molar-refractivity contribution in [1.82, 2.24) is 5.32 Å². The molecule has 1 aliphatic heterocycles.